The summed E-state index contributed by atoms with van der Waals surface area (Å²) in [4.78, 5) is 0. The van der Waals surface area contributed by atoms with Gasteiger partial charge in [0.1, 0.15) is 11.5 Å². The Balaban J connectivity index is 1.32. The van der Waals surface area contributed by atoms with Crippen LogP contribution >= 0.6 is 47.0 Å². The quantitative estimate of drug-likeness (QED) is 0.0559. The summed E-state index contributed by atoms with van der Waals surface area (Å²) in [5.74, 6) is 1.79. The molecule has 0 spiro atoms. The summed E-state index contributed by atoms with van der Waals surface area (Å²) in [6.07, 6.45) is 18.1. The normalized spacial score (nSPS) is 14.2. The molecular weight excluding hydrogens is 737 g/mol. The van der Waals surface area contributed by atoms with Crippen molar-refractivity contribution >= 4 is 101 Å². The van der Waals surface area contributed by atoms with E-state index in [0.717, 1.165) is 46.6 Å². The highest BCUT2D eigenvalue weighted by Crippen LogP contribution is 2.41. The molecule has 0 unspecified atom stereocenters. The Morgan fingerprint density at radius 1 is 0.444 bits per heavy atom. The zero-order valence-corrected chi connectivity index (χ0v) is 34.5. The predicted molar refractivity (Wildman–Crippen MR) is 246 cm³/mol. The van der Waals surface area contributed by atoms with Crippen LogP contribution in [-0.2, 0) is 0 Å². The Kier molecular flexibility index (Phi) is 14.1. The second-order valence-corrected chi connectivity index (χ2v) is 17.7. The molecule has 0 amide bonds. The number of hydrogen-bond acceptors (Lipinski definition) is 6. The number of rotatable bonds is 16. The lowest BCUT2D eigenvalue weighted by atomic mass is 9.97. The first-order valence-corrected chi connectivity index (χ1v) is 22.8. The molecule has 0 aromatic heterocycles. The summed E-state index contributed by atoms with van der Waals surface area (Å²) in [6, 6.07) is 30.7. The van der Waals surface area contributed by atoms with Gasteiger partial charge in [-0.1, -0.05) is 190 Å². The van der Waals surface area contributed by atoms with E-state index in [4.69, 9.17) is 9.47 Å². The second-order valence-electron chi connectivity index (χ2n) is 13.5. The van der Waals surface area contributed by atoms with E-state index in [1.165, 1.54) is 79.0 Å². The summed E-state index contributed by atoms with van der Waals surface area (Å²) in [5.41, 5.74) is 4.39. The molecule has 0 fully saturated rings. The predicted octanol–water partition coefficient (Wildman–Crippen LogP) is 14.3. The van der Waals surface area contributed by atoms with Crippen molar-refractivity contribution in [2.24, 2.45) is 0 Å². The second kappa shape index (κ2) is 19.8. The molecular formula is C48H48O2S4. The van der Waals surface area contributed by atoms with Crippen LogP contribution in [0.4, 0.5) is 0 Å². The molecule has 0 atom stereocenters. The molecule has 0 radical (unpaired) electrons. The smallest absolute Gasteiger partial charge is 0.127 e. The van der Waals surface area contributed by atoms with Gasteiger partial charge in [-0.3, -0.25) is 0 Å². The fourth-order valence-corrected chi connectivity index (χ4v) is 10.7. The van der Waals surface area contributed by atoms with Crippen LogP contribution < -0.4 is 19.9 Å². The van der Waals surface area contributed by atoms with Crippen LogP contribution in [0.15, 0.2) is 107 Å². The molecule has 2 heterocycles. The van der Waals surface area contributed by atoms with E-state index < -0.39 is 0 Å². The Labute approximate surface area is 338 Å². The number of benzene rings is 5. The van der Waals surface area contributed by atoms with Crippen LogP contribution in [-0.4, -0.2) is 13.2 Å². The molecule has 0 saturated heterocycles. The lowest BCUT2D eigenvalue weighted by molar-refractivity contribution is 0.296. The first-order chi connectivity index (χ1) is 26.7. The Morgan fingerprint density at radius 3 is 1.46 bits per heavy atom. The Morgan fingerprint density at radius 2 is 0.926 bits per heavy atom. The van der Waals surface area contributed by atoms with Crippen molar-refractivity contribution in [3.8, 4) is 11.5 Å². The first kappa shape index (κ1) is 38.6. The van der Waals surface area contributed by atoms with Crippen molar-refractivity contribution in [1.29, 1.82) is 0 Å². The standard InChI is InChI=1S/C48H48O2S4/c1-3-5-7-14-26-49-43-34-38(44(50-27-15-8-6-4-2)33-37(43)23-20-35-16-10-9-11-17-35)24-21-36-22-25-41-42(32-36)46(48-53-30-31-54-48)40-19-13-12-18-39(40)45(41)47-51-28-29-52-47/h9-13,16-25,28-34H,3-8,14-15,26-27H2,1-2H3/b23-20+,24-21+. The summed E-state index contributed by atoms with van der Waals surface area (Å²) in [6.45, 7) is 5.89. The minimum atomic E-state index is 0.695. The maximum absolute atomic E-state index is 6.59. The van der Waals surface area contributed by atoms with Crippen molar-refractivity contribution in [2.45, 2.75) is 65.2 Å². The van der Waals surface area contributed by atoms with Gasteiger partial charge >= 0.3 is 0 Å². The molecule has 5 aromatic rings. The monoisotopic (exact) mass is 784 g/mol. The maximum atomic E-state index is 6.59. The van der Waals surface area contributed by atoms with Crippen molar-refractivity contribution in [2.75, 3.05) is 13.2 Å². The highest BCUT2D eigenvalue weighted by atomic mass is 32.2. The van der Waals surface area contributed by atoms with Gasteiger partial charge in [-0.2, -0.15) is 0 Å². The van der Waals surface area contributed by atoms with Crippen molar-refractivity contribution < 1.29 is 9.47 Å². The van der Waals surface area contributed by atoms with E-state index in [-0.39, 0.29) is 0 Å². The van der Waals surface area contributed by atoms with Gasteiger partial charge in [0.2, 0.25) is 0 Å². The average Bonchev–Trinajstić information content (AvgIpc) is 3.95. The van der Waals surface area contributed by atoms with E-state index in [0.29, 0.717) is 13.2 Å². The first-order valence-electron chi connectivity index (χ1n) is 19.3. The van der Waals surface area contributed by atoms with Crippen LogP contribution in [0.3, 0.4) is 0 Å². The van der Waals surface area contributed by atoms with Gasteiger partial charge in [0.25, 0.3) is 0 Å². The number of ether oxygens (including phenoxy) is 2. The number of unbranched alkanes of at least 4 members (excludes halogenated alkanes) is 6. The molecule has 2 nitrogen and oxygen atoms in total. The number of hydrogen-bond donors (Lipinski definition) is 0. The van der Waals surface area contributed by atoms with Crippen molar-refractivity contribution in [1.82, 2.24) is 0 Å². The van der Waals surface area contributed by atoms with Crippen LogP contribution in [0, 0.1) is 0 Å². The van der Waals surface area contributed by atoms with E-state index >= 15 is 0 Å². The highest BCUT2D eigenvalue weighted by molar-refractivity contribution is 8.35. The Bertz CT molecular complexity index is 2300. The van der Waals surface area contributed by atoms with Gasteiger partial charge in [0, 0.05) is 21.6 Å². The molecule has 0 N–H and O–H groups in total. The minimum Gasteiger partial charge on any atom is -0.493 e. The van der Waals surface area contributed by atoms with Crippen LogP contribution in [0.25, 0.3) is 54.3 Å². The molecule has 2 aliphatic heterocycles. The summed E-state index contributed by atoms with van der Waals surface area (Å²) in [5, 5.41) is 16.7. The zero-order valence-electron chi connectivity index (χ0n) is 31.2. The maximum Gasteiger partial charge on any atom is 0.127 e. The molecule has 2 aliphatic rings. The fraction of sp³-hybridized carbons (Fsp3) is 0.250. The van der Waals surface area contributed by atoms with E-state index in [1.54, 1.807) is 0 Å². The SMILES string of the molecule is CCCCCCOc1cc(/C=C/c2ccc3c(=C4SC=CS4)c4ccccc4c(=C4SC=CS4)c3c2)c(OCCCCCC)cc1/C=C/c1ccccc1. The molecule has 0 bridgehead atoms. The van der Waals surface area contributed by atoms with Gasteiger partial charge < -0.3 is 9.47 Å². The summed E-state index contributed by atoms with van der Waals surface area (Å²) in [7, 11) is 0. The van der Waals surface area contributed by atoms with Gasteiger partial charge in [-0.05, 0) is 85.3 Å². The molecule has 0 saturated carbocycles. The van der Waals surface area contributed by atoms with Crippen LogP contribution in [0.2, 0.25) is 0 Å². The van der Waals surface area contributed by atoms with Gasteiger partial charge in [-0.15, -0.1) is 0 Å². The third-order valence-electron chi connectivity index (χ3n) is 9.63. The third kappa shape index (κ3) is 9.57. The fourth-order valence-electron chi connectivity index (χ4n) is 6.85. The summed E-state index contributed by atoms with van der Waals surface area (Å²) >= 11 is 7.30. The van der Waals surface area contributed by atoms with E-state index in [1.807, 2.05) is 47.0 Å². The summed E-state index contributed by atoms with van der Waals surface area (Å²) < 4.78 is 15.8. The molecule has 276 valence electrons. The number of fused-ring (bicyclic) bond motifs is 2. The minimum absolute atomic E-state index is 0.695. The molecule has 0 aliphatic carbocycles. The van der Waals surface area contributed by atoms with Crippen LogP contribution in [0.5, 0.6) is 11.5 Å². The van der Waals surface area contributed by atoms with Crippen molar-refractivity contribution in [3.05, 3.63) is 139 Å². The van der Waals surface area contributed by atoms with Crippen LogP contribution in [0.1, 0.15) is 87.5 Å². The van der Waals surface area contributed by atoms with E-state index in [9.17, 15) is 0 Å². The molecule has 5 aromatic carbocycles. The average molecular weight is 785 g/mol. The topological polar surface area (TPSA) is 18.5 Å². The zero-order chi connectivity index (χ0) is 37.0. The van der Waals surface area contributed by atoms with E-state index in [2.05, 4.69) is 145 Å². The molecule has 7 rings (SSSR count). The highest BCUT2D eigenvalue weighted by Gasteiger charge is 2.16. The molecule has 6 heteroatoms. The van der Waals surface area contributed by atoms with Gasteiger partial charge in [0.15, 0.2) is 0 Å². The van der Waals surface area contributed by atoms with Gasteiger partial charge in [-0.25, -0.2) is 0 Å². The number of thioether (sulfide) groups is 4. The largest absolute Gasteiger partial charge is 0.493 e. The lowest BCUT2D eigenvalue weighted by Crippen LogP contribution is -2.17. The van der Waals surface area contributed by atoms with Gasteiger partial charge in [0.05, 0.1) is 21.7 Å². The third-order valence-corrected chi connectivity index (χ3v) is 13.9. The Hall–Kier alpha value is -3.68. The molecule has 54 heavy (non-hydrogen) atoms. The lowest BCUT2D eigenvalue weighted by Gasteiger charge is -2.16. The van der Waals surface area contributed by atoms with Crippen molar-refractivity contribution in [3.63, 3.8) is 0 Å².